The van der Waals surface area contributed by atoms with Gasteiger partial charge in [0, 0.05) is 50.9 Å². The highest BCUT2D eigenvalue weighted by Crippen LogP contribution is 2.29. The van der Waals surface area contributed by atoms with E-state index in [-0.39, 0.29) is 48.0 Å². The summed E-state index contributed by atoms with van der Waals surface area (Å²) >= 11 is 0. The molecule has 2 aliphatic heterocycles. The van der Waals surface area contributed by atoms with E-state index in [0.29, 0.717) is 49.8 Å². The number of halogens is 1. The molecule has 0 bridgehead atoms. The Labute approximate surface area is 283 Å². The summed E-state index contributed by atoms with van der Waals surface area (Å²) in [6, 6.07) is 9.13. The minimum Gasteiger partial charge on any atom is -0.490 e. The van der Waals surface area contributed by atoms with E-state index in [1.54, 1.807) is 23.1 Å². The molecule has 0 aliphatic carbocycles. The predicted molar refractivity (Wildman–Crippen MR) is 181 cm³/mol. The first-order valence-corrected chi connectivity index (χ1v) is 17.9. The lowest BCUT2D eigenvalue weighted by Crippen LogP contribution is -2.50. The number of carbonyl (C=O) groups is 2. The molecule has 14 heteroatoms. The van der Waals surface area contributed by atoms with Crippen molar-refractivity contribution in [1.29, 1.82) is 0 Å². The number of sulfonamides is 1. The van der Waals surface area contributed by atoms with Gasteiger partial charge in [-0.1, -0.05) is 6.92 Å². The van der Waals surface area contributed by atoms with Gasteiger partial charge in [0.1, 0.15) is 11.6 Å². The highest BCUT2D eigenvalue weighted by Gasteiger charge is 2.33. The molecular weight excluding hydrogens is 641 g/mol. The number of carbonyl (C=O) groups excluding carboxylic acids is 2. The molecule has 48 heavy (non-hydrogen) atoms. The Hall–Kier alpha value is -3.30. The summed E-state index contributed by atoms with van der Waals surface area (Å²) in [7, 11) is 1.42. The molecule has 4 rings (SSSR count). The zero-order valence-corrected chi connectivity index (χ0v) is 29.6. The predicted octanol–water partition coefficient (Wildman–Crippen LogP) is 4.03. The van der Waals surface area contributed by atoms with E-state index in [9.17, 15) is 22.4 Å². The number of ether oxygens (including phenoxy) is 3. The van der Waals surface area contributed by atoms with Gasteiger partial charge < -0.3 is 34.6 Å². The lowest BCUT2D eigenvalue weighted by molar-refractivity contribution is -0.00686. The lowest BCUT2D eigenvalue weighted by atomic mass is 10.0. The smallest absolute Gasteiger partial charge is 0.319 e. The molecule has 0 saturated carbocycles. The van der Waals surface area contributed by atoms with Crippen molar-refractivity contribution in [3.8, 4) is 5.75 Å². The van der Waals surface area contributed by atoms with Crippen LogP contribution in [0, 0.1) is 11.7 Å². The van der Waals surface area contributed by atoms with Gasteiger partial charge in [0.05, 0.1) is 41.9 Å². The van der Waals surface area contributed by atoms with Gasteiger partial charge in [-0.15, -0.1) is 0 Å². The maximum atomic E-state index is 14.6. The number of anilines is 1. The summed E-state index contributed by atoms with van der Waals surface area (Å²) in [5.41, 5.74) is 0.759. The van der Waals surface area contributed by atoms with Crippen LogP contribution in [0.3, 0.4) is 0 Å². The molecule has 3 amide bonds. The monoisotopic (exact) mass is 691 g/mol. The Morgan fingerprint density at radius 3 is 2.44 bits per heavy atom. The molecule has 1 saturated heterocycles. The number of hydrogen-bond donors (Lipinski definition) is 2. The third-order valence-electron chi connectivity index (χ3n) is 8.61. The van der Waals surface area contributed by atoms with E-state index in [2.05, 4.69) is 10.6 Å². The molecule has 2 aliphatic rings. The summed E-state index contributed by atoms with van der Waals surface area (Å²) < 4.78 is 59.4. The van der Waals surface area contributed by atoms with Crippen LogP contribution in [0.4, 0.5) is 14.9 Å². The number of hydrogen-bond acceptors (Lipinski definition) is 8. The minimum atomic E-state index is -3.93. The van der Waals surface area contributed by atoms with Crippen LogP contribution in [0.5, 0.6) is 5.75 Å². The summed E-state index contributed by atoms with van der Waals surface area (Å²) in [6.45, 7) is 8.06. The average Bonchev–Trinajstić information content (AvgIpc) is 3.00. The molecule has 0 aromatic heterocycles. The van der Waals surface area contributed by atoms with Crippen LogP contribution in [0.1, 0.15) is 50.4 Å². The molecule has 266 valence electrons. The van der Waals surface area contributed by atoms with Crippen molar-refractivity contribution < 1.29 is 36.6 Å². The number of benzene rings is 2. The fourth-order valence-corrected chi connectivity index (χ4v) is 6.98. The van der Waals surface area contributed by atoms with Crippen LogP contribution in [-0.4, -0.2) is 119 Å². The van der Waals surface area contributed by atoms with E-state index in [0.717, 1.165) is 25.0 Å². The maximum Gasteiger partial charge on any atom is 0.319 e. The molecule has 0 unspecified atom stereocenters. The molecule has 0 radical (unpaired) electrons. The number of fused-ring (bicyclic) bond motifs is 1. The molecule has 2 aromatic carbocycles. The molecule has 0 spiro atoms. The van der Waals surface area contributed by atoms with E-state index in [1.807, 2.05) is 39.8 Å². The van der Waals surface area contributed by atoms with Crippen molar-refractivity contribution in [2.24, 2.45) is 5.92 Å². The highest BCUT2D eigenvalue weighted by molar-refractivity contribution is 7.89. The van der Waals surface area contributed by atoms with Crippen molar-refractivity contribution in [2.75, 3.05) is 65.9 Å². The quantitative estimate of drug-likeness (QED) is 0.404. The van der Waals surface area contributed by atoms with Crippen LogP contribution in [0.15, 0.2) is 47.4 Å². The average molecular weight is 692 g/mol. The number of urea groups is 1. The molecule has 2 aromatic rings. The van der Waals surface area contributed by atoms with Gasteiger partial charge >= 0.3 is 6.03 Å². The highest BCUT2D eigenvalue weighted by atomic mass is 32.2. The van der Waals surface area contributed by atoms with Gasteiger partial charge in [-0.2, -0.15) is 4.31 Å². The number of likely N-dealkylation sites (N-methyl/N-ethyl adjacent to an activating group) is 2. The van der Waals surface area contributed by atoms with E-state index in [1.165, 1.54) is 23.5 Å². The van der Waals surface area contributed by atoms with Crippen LogP contribution in [0.2, 0.25) is 0 Å². The van der Waals surface area contributed by atoms with Crippen LogP contribution in [-0.2, 0) is 19.5 Å². The molecule has 1 fully saturated rings. The third kappa shape index (κ3) is 10.1. The van der Waals surface area contributed by atoms with Crippen molar-refractivity contribution >= 4 is 27.6 Å². The summed E-state index contributed by atoms with van der Waals surface area (Å²) in [4.78, 5) is 31.0. The minimum absolute atomic E-state index is 0.0129. The molecule has 2 N–H and O–H groups in total. The normalized spacial score (nSPS) is 22.3. The van der Waals surface area contributed by atoms with Gasteiger partial charge in [-0.25, -0.2) is 17.6 Å². The standard InChI is InChI=1S/C34H50FN5O7S/c1-23-18-40(24(2)19-38(4)5)33(41)30-17-27(36-34(42)37-28-21-45-22-28)12-15-31(30)47-25(3)9-7-8-16-46-32(23)20-39(6)48(43,44)29-13-10-26(35)11-14-29/h10-15,17,23-25,28,32H,7-9,16,18-22H2,1-6H3,(H2,36,37,42)/t23-,24+,25+,32+/m1/s1. The lowest BCUT2D eigenvalue weighted by Gasteiger charge is -2.37. The molecule has 4 atom stereocenters. The first-order chi connectivity index (χ1) is 22.7. The van der Waals surface area contributed by atoms with E-state index in [4.69, 9.17) is 14.2 Å². The largest absolute Gasteiger partial charge is 0.490 e. The van der Waals surface area contributed by atoms with Crippen molar-refractivity contribution in [2.45, 2.75) is 69.2 Å². The topological polar surface area (TPSA) is 130 Å². The molecular formula is C34H50FN5O7S. The first kappa shape index (κ1) is 37.5. The Morgan fingerprint density at radius 1 is 1.08 bits per heavy atom. The van der Waals surface area contributed by atoms with Gasteiger partial charge in [0.2, 0.25) is 10.0 Å². The summed E-state index contributed by atoms with van der Waals surface area (Å²) in [6.07, 6.45) is 1.50. The summed E-state index contributed by atoms with van der Waals surface area (Å²) in [5.74, 6) is -0.659. The van der Waals surface area contributed by atoms with Gasteiger partial charge in [-0.3, -0.25) is 4.79 Å². The molecule has 12 nitrogen and oxygen atoms in total. The second kappa shape index (κ2) is 16.9. The summed E-state index contributed by atoms with van der Waals surface area (Å²) in [5, 5.41) is 5.67. The van der Waals surface area contributed by atoms with E-state index < -0.39 is 28.0 Å². The maximum absolute atomic E-state index is 14.6. The van der Waals surface area contributed by atoms with Crippen LogP contribution in [0.25, 0.3) is 0 Å². The van der Waals surface area contributed by atoms with E-state index >= 15 is 0 Å². The second-order valence-electron chi connectivity index (χ2n) is 13.2. The van der Waals surface area contributed by atoms with Crippen LogP contribution >= 0.6 is 0 Å². The Bertz CT molecular complexity index is 1490. The van der Waals surface area contributed by atoms with Gasteiger partial charge in [0.15, 0.2) is 0 Å². The fraction of sp³-hybridized carbons (Fsp3) is 0.588. The molecule has 2 heterocycles. The van der Waals surface area contributed by atoms with Crippen molar-refractivity contribution in [3.63, 3.8) is 0 Å². The number of rotatable bonds is 9. The third-order valence-corrected chi connectivity index (χ3v) is 10.4. The van der Waals surface area contributed by atoms with Crippen molar-refractivity contribution in [3.05, 3.63) is 53.8 Å². The number of nitrogens with zero attached hydrogens (tertiary/aromatic N) is 3. The number of nitrogens with one attached hydrogen (secondary N) is 2. The SMILES string of the molecule is C[C@@H]1CN([C@@H](C)CN(C)C)C(=O)c2cc(NC(=O)NC3COC3)ccc2O[C@@H](C)CCCCO[C@H]1CN(C)S(=O)(=O)c1ccc(F)cc1. The Morgan fingerprint density at radius 2 is 1.79 bits per heavy atom. The Balaban J connectivity index is 1.65. The fourth-order valence-electron chi connectivity index (χ4n) is 5.80. The van der Waals surface area contributed by atoms with Crippen molar-refractivity contribution in [1.82, 2.24) is 19.4 Å². The van der Waals surface area contributed by atoms with Gasteiger partial charge in [-0.05, 0) is 89.7 Å². The Kier molecular flexibility index (Phi) is 13.2. The zero-order valence-electron chi connectivity index (χ0n) is 28.8. The van der Waals surface area contributed by atoms with Crippen LogP contribution < -0.4 is 15.4 Å². The first-order valence-electron chi connectivity index (χ1n) is 16.5. The zero-order chi connectivity index (χ0) is 35.0. The number of amides is 3. The second-order valence-corrected chi connectivity index (χ2v) is 15.2. The van der Waals surface area contributed by atoms with Gasteiger partial charge in [0.25, 0.3) is 5.91 Å².